The molecule has 0 aromatic heterocycles. The van der Waals surface area contributed by atoms with Gasteiger partial charge in [-0.15, -0.1) is 5.75 Å². The minimum Gasteiger partial charge on any atom is -0.872 e. The first-order valence-electron chi connectivity index (χ1n) is 2.72. The van der Waals surface area contributed by atoms with E-state index in [0.717, 1.165) is 18.2 Å². The molecule has 6 heteroatoms. The minimum atomic E-state index is -0.637. The topological polar surface area (TPSA) is 66.2 Å². The molecule has 12 heavy (non-hydrogen) atoms. The summed E-state index contributed by atoms with van der Waals surface area (Å²) in [6.45, 7) is 0. The van der Waals surface area contributed by atoms with Gasteiger partial charge in [0.05, 0.1) is 4.92 Å². The molecule has 4 nitrogen and oxygen atoms in total. The molecule has 0 aliphatic heterocycles. The van der Waals surface area contributed by atoms with E-state index in [1.165, 1.54) is 0 Å². The average molecular weight is 212 g/mol. The predicted octanol–water partition coefficient (Wildman–Crippen LogP) is -1.67. The van der Waals surface area contributed by atoms with Crippen molar-refractivity contribution >= 4 is 17.3 Å². The van der Waals surface area contributed by atoms with Gasteiger partial charge in [0.1, 0.15) is 5.02 Å². The average Bonchev–Trinajstić information content (AvgIpc) is 1.85. The fraction of sp³-hybridized carbons (Fsp3) is 0. The van der Waals surface area contributed by atoms with Crippen LogP contribution in [-0.4, -0.2) is 4.92 Å². The van der Waals surface area contributed by atoms with Crippen molar-refractivity contribution in [3.63, 3.8) is 0 Å². The van der Waals surface area contributed by atoms with Crippen LogP contribution in [0.4, 0.5) is 5.69 Å². The number of hydrogen-bond donors (Lipinski definition) is 0. The van der Waals surface area contributed by atoms with Crippen molar-refractivity contribution in [2.75, 3.05) is 0 Å². The molecule has 0 saturated heterocycles. The van der Waals surface area contributed by atoms with E-state index in [1.807, 2.05) is 0 Å². The number of rotatable bonds is 1. The molecule has 0 radical (unpaired) electrons. The molecule has 1 rings (SSSR count). The van der Waals surface area contributed by atoms with Crippen molar-refractivity contribution in [1.29, 1.82) is 0 Å². The Bertz CT molecular complexity index is 305. The van der Waals surface area contributed by atoms with Gasteiger partial charge in [-0.3, -0.25) is 10.1 Å². The van der Waals surface area contributed by atoms with Gasteiger partial charge in [-0.1, -0.05) is 17.7 Å². The number of hydrogen-bond acceptors (Lipinski definition) is 3. The molecule has 0 bridgehead atoms. The number of halogens is 1. The normalized spacial score (nSPS) is 8.75. The Morgan fingerprint density at radius 1 is 1.42 bits per heavy atom. The maximum atomic E-state index is 10.6. The van der Waals surface area contributed by atoms with Crippen molar-refractivity contribution < 1.29 is 61.4 Å². The fourth-order valence-electron chi connectivity index (χ4n) is 0.636. The Morgan fingerprint density at radius 2 is 2.00 bits per heavy atom. The second-order valence-electron chi connectivity index (χ2n) is 1.87. The van der Waals surface area contributed by atoms with Crippen molar-refractivity contribution in [1.82, 2.24) is 0 Å². The summed E-state index contributed by atoms with van der Waals surface area (Å²) in [6, 6.07) is 3.20. The van der Waals surface area contributed by atoms with Crippen molar-refractivity contribution in [2.45, 2.75) is 0 Å². The van der Waals surface area contributed by atoms with Crippen LogP contribution in [0.15, 0.2) is 18.2 Å². The zero-order valence-electron chi connectivity index (χ0n) is 6.28. The maximum Gasteiger partial charge on any atom is 1.00 e. The van der Waals surface area contributed by atoms with E-state index in [9.17, 15) is 15.2 Å². The first-order valence-corrected chi connectivity index (χ1v) is 3.10. The largest absolute Gasteiger partial charge is 1.00 e. The summed E-state index contributed by atoms with van der Waals surface area (Å²) in [5, 5.41) is 20.6. The summed E-state index contributed by atoms with van der Waals surface area (Å²) >= 11 is 5.38. The molecular formula is C6H3ClKNO3. The molecule has 0 spiro atoms. The maximum absolute atomic E-state index is 10.6. The molecule has 0 atom stereocenters. The molecule has 0 amide bonds. The van der Waals surface area contributed by atoms with E-state index in [4.69, 9.17) is 11.6 Å². The van der Waals surface area contributed by atoms with Gasteiger partial charge >= 0.3 is 51.4 Å². The third-order valence-corrected chi connectivity index (χ3v) is 1.42. The molecule has 0 saturated carbocycles. The van der Waals surface area contributed by atoms with E-state index >= 15 is 0 Å². The molecule has 0 unspecified atom stereocenters. The van der Waals surface area contributed by atoms with E-state index in [2.05, 4.69) is 0 Å². The third-order valence-electron chi connectivity index (χ3n) is 1.12. The van der Waals surface area contributed by atoms with E-state index in [-0.39, 0.29) is 67.8 Å². The van der Waals surface area contributed by atoms with Crippen LogP contribution in [0.1, 0.15) is 0 Å². The van der Waals surface area contributed by atoms with Crippen molar-refractivity contribution in [2.24, 2.45) is 0 Å². The quantitative estimate of drug-likeness (QED) is 0.317. The van der Waals surface area contributed by atoms with Gasteiger partial charge < -0.3 is 5.11 Å². The predicted molar refractivity (Wildman–Crippen MR) is 37.6 cm³/mol. The van der Waals surface area contributed by atoms with Gasteiger partial charge in [-0.2, -0.15) is 0 Å². The molecular weight excluding hydrogens is 209 g/mol. The molecule has 58 valence electrons. The van der Waals surface area contributed by atoms with Crippen LogP contribution < -0.4 is 56.5 Å². The summed E-state index contributed by atoms with van der Waals surface area (Å²) < 4.78 is 0. The van der Waals surface area contributed by atoms with Gasteiger partial charge in [0.2, 0.25) is 0 Å². The van der Waals surface area contributed by atoms with Gasteiger partial charge in [0.25, 0.3) is 5.69 Å². The second kappa shape index (κ2) is 5.16. The summed E-state index contributed by atoms with van der Waals surface area (Å²) in [6.07, 6.45) is 0. The first-order chi connectivity index (χ1) is 5.11. The fourth-order valence-corrected chi connectivity index (χ4v) is 0.875. The standard InChI is InChI=1S/C6H4ClNO3.K/c7-5-3-4(9)1-2-6(5)8(10)11;/h1-3,9H;/q;+1/p-1. The Balaban J connectivity index is 0.00000121. The Hall–Kier alpha value is 0.346. The molecule has 0 N–H and O–H groups in total. The Kier molecular flexibility index (Phi) is 5.31. The summed E-state index contributed by atoms with van der Waals surface area (Å²) in [5.74, 6) is -0.333. The van der Waals surface area contributed by atoms with Gasteiger partial charge in [-0.05, 0) is 6.07 Å². The van der Waals surface area contributed by atoms with Crippen LogP contribution in [0, 0.1) is 10.1 Å². The number of nitrogens with zero attached hydrogens (tertiary/aromatic N) is 1. The van der Waals surface area contributed by atoms with Crippen LogP contribution in [0.25, 0.3) is 0 Å². The van der Waals surface area contributed by atoms with E-state index in [0.29, 0.717) is 0 Å². The molecule has 0 fully saturated rings. The van der Waals surface area contributed by atoms with Gasteiger partial charge in [0, 0.05) is 6.07 Å². The molecule has 0 heterocycles. The number of nitro benzene ring substituents is 1. The van der Waals surface area contributed by atoms with Crippen LogP contribution in [0.5, 0.6) is 5.75 Å². The second-order valence-corrected chi connectivity index (χ2v) is 2.28. The van der Waals surface area contributed by atoms with E-state index < -0.39 is 4.92 Å². The summed E-state index contributed by atoms with van der Waals surface area (Å²) in [7, 11) is 0. The Morgan fingerprint density at radius 3 is 2.42 bits per heavy atom. The smallest absolute Gasteiger partial charge is 0.872 e. The van der Waals surface area contributed by atoms with Gasteiger partial charge in [-0.25, -0.2) is 0 Å². The van der Waals surface area contributed by atoms with Crippen LogP contribution in [0.3, 0.4) is 0 Å². The first kappa shape index (κ1) is 12.3. The molecule has 1 aromatic carbocycles. The number of nitro groups is 1. The number of benzene rings is 1. The van der Waals surface area contributed by atoms with Crippen molar-refractivity contribution in [3.05, 3.63) is 33.3 Å². The molecule has 0 aliphatic carbocycles. The monoisotopic (exact) mass is 211 g/mol. The minimum absolute atomic E-state index is 0. The third kappa shape index (κ3) is 3.00. The summed E-state index contributed by atoms with van der Waals surface area (Å²) in [5.41, 5.74) is -0.244. The Labute approximate surface area is 116 Å². The molecule has 0 aliphatic rings. The van der Waals surface area contributed by atoms with Crippen LogP contribution in [-0.2, 0) is 0 Å². The van der Waals surface area contributed by atoms with Crippen LogP contribution in [0.2, 0.25) is 5.02 Å². The zero-order chi connectivity index (χ0) is 8.43. The van der Waals surface area contributed by atoms with Crippen LogP contribution >= 0.6 is 11.6 Å². The van der Waals surface area contributed by atoms with Crippen molar-refractivity contribution in [3.8, 4) is 5.75 Å². The molecule has 1 aromatic rings. The van der Waals surface area contributed by atoms with E-state index in [1.54, 1.807) is 0 Å². The van der Waals surface area contributed by atoms with Gasteiger partial charge in [0.15, 0.2) is 0 Å². The zero-order valence-corrected chi connectivity index (χ0v) is 10.2. The SMILES string of the molecule is O=[N+]([O-])c1ccc([O-])cc1Cl.[K+]. The summed E-state index contributed by atoms with van der Waals surface area (Å²) in [4.78, 5) is 9.52.